The zero-order valence-electron chi connectivity index (χ0n) is 12.3. The molecule has 21 heavy (non-hydrogen) atoms. The summed E-state index contributed by atoms with van der Waals surface area (Å²) in [4.78, 5) is 3.57. The lowest BCUT2D eigenvalue weighted by Crippen LogP contribution is -2.39. The molecule has 2 heterocycles. The standard InChI is InChI=1S/C14H22N4OS2/c1-12-3-10-21-13(12)11-16-17-14(20)15-4-2-5-18-6-8-19-9-7-18/h3,10-11H,2,4-9H2,1H3,(H2,15,17,20)/b16-11-. The van der Waals surface area contributed by atoms with Gasteiger partial charge in [0.25, 0.3) is 0 Å². The van der Waals surface area contributed by atoms with E-state index in [0.717, 1.165) is 50.7 Å². The molecule has 0 spiro atoms. The number of hydrazone groups is 1. The molecule has 5 nitrogen and oxygen atoms in total. The topological polar surface area (TPSA) is 48.9 Å². The summed E-state index contributed by atoms with van der Waals surface area (Å²) in [5, 5.41) is 9.94. The van der Waals surface area contributed by atoms with Crippen molar-refractivity contribution in [2.75, 3.05) is 39.4 Å². The number of thiocarbonyl (C=S) groups is 1. The first-order valence-electron chi connectivity index (χ1n) is 7.17. The molecule has 7 heteroatoms. The summed E-state index contributed by atoms with van der Waals surface area (Å²) in [5.41, 5.74) is 4.08. The minimum atomic E-state index is 0.572. The van der Waals surface area contributed by atoms with Gasteiger partial charge in [0.15, 0.2) is 5.11 Å². The second-order valence-corrected chi connectivity index (χ2v) is 6.26. The monoisotopic (exact) mass is 326 g/mol. The first kappa shape index (κ1) is 16.4. The third-order valence-electron chi connectivity index (χ3n) is 3.29. The van der Waals surface area contributed by atoms with E-state index in [9.17, 15) is 0 Å². The number of nitrogens with one attached hydrogen (secondary N) is 2. The fourth-order valence-electron chi connectivity index (χ4n) is 2.04. The van der Waals surface area contributed by atoms with Crippen LogP contribution >= 0.6 is 23.6 Å². The van der Waals surface area contributed by atoms with Crippen LogP contribution in [0.2, 0.25) is 0 Å². The van der Waals surface area contributed by atoms with Crippen molar-refractivity contribution >= 4 is 34.9 Å². The summed E-state index contributed by atoms with van der Waals surface area (Å²) in [6, 6.07) is 2.08. The van der Waals surface area contributed by atoms with E-state index in [1.165, 1.54) is 5.56 Å². The lowest BCUT2D eigenvalue weighted by molar-refractivity contribution is 0.0376. The number of thiophene rings is 1. The molecule has 1 fully saturated rings. The van der Waals surface area contributed by atoms with Crippen LogP contribution < -0.4 is 10.7 Å². The van der Waals surface area contributed by atoms with Crippen molar-refractivity contribution in [3.8, 4) is 0 Å². The SMILES string of the molecule is Cc1ccsc1/C=N\NC(=S)NCCCN1CCOCC1. The average molecular weight is 326 g/mol. The van der Waals surface area contributed by atoms with Gasteiger partial charge in [-0.25, -0.2) is 0 Å². The van der Waals surface area contributed by atoms with Crippen molar-refractivity contribution in [3.05, 3.63) is 21.9 Å². The molecule has 1 saturated heterocycles. The number of hydrogen-bond donors (Lipinski definition) is 2. The van der Waals surface area contributed by atoms with E-state index in [1.54, 1.807) is 11.3 Å². The Bertz CT molecular complexity index is 469. The lowest BCUT2D eigenvalue weighted by Gasteiger charge is -2.26. The van der Waals surface area contributed by atoms with Crippen molar-refractivity contribution in [1.29, 1.82) is 0 Å². The fraction of sp³-hybridized carbons (Fsp3) is 0.571. The highest BCUT2D eigenvalue weighted by Crippen LogP contribution is 2.12. The molecule has 1 aliphatic rings. The summed E-state index contributed by atoms with van der Waals surface area (Å²) in [7, 11) is 0. The zero-order chi connectivity index (χ0) is 14.9. The largest absolute Gasteiger partial charge is 0.379 e. The molecule has 0 aliphatic carbocycles. The quantitative estimate of drug-likeness (QED) is 0.360. The Morgan fingerprint density at radius 1 is 1.52 bits per heavy atom. The minimum Gasteiger partial charge on any atom is -0.379 e. The van der Waals surface area contributed by atoms with Crippen molar-refractivity contribution in [1.82, 2.24) is 15.6 Å². The maximum absolute atomic E-state index is 5.32. The van der Waals surface area contributed by atoms with E-state index >= 15 is 0 Å². The van der Waals surface area contributed by atoms with E-state index in [1.807, 2.05) is 6.21 Å². The molecule has 1 aliphatic heterocycles. The molecule has 0 amide bonds. The lowest BCUT2D eigenvalue weighted by atomic mass is 10.3. The van der Waals surface area contributed by atoms with E-state index in [2.05, 4.69) is 39.1 Å². The Kier molecular flexibility index (Phi) is 7.08. The van der Waals surface area contributed by atoms with Crippen LogP contribution in [-0.2, 0) is 4.74 Å². The van der Waals surface area contributed by atoms with Gasteiger partial charge in [-0.15, -0.1) is 11.3 Å². The summed E-state index contributed by atoms with van der Waals surface area (Å²) in [6.07, 6.45) is 2.87. The Balaban J connectivity index is 1.55. The predicted octanol–water partition coefficient (Wildman–Crippen LogP) is 1.58. The molecular formula is C14H22N4OS2. The number of nitrogens with zero attached hydrogens (tertiary/aromatic N) is 2. The Morgan fingerprint density at radius 2 is 2.33 bits per heavy atom. The van der Waals surface area contributed by atoms with Gasteiger partial charge >= 0.3 is 0 Å². The third kappa shape index (κ3) is 6.09. The summed E-state index contributed by atoms with van der Waals surface area (Å²) in [5.74, 6) is 0. The van der Waals surface area contributed by atoms with E-state index in [-0.39, 0.29) is 0 Å². The maximum Gasteiger partial charge on any atom is 0.186 e. The van der Waals surface area contributed by atoms with Crippen molar-refractivity contribution in [2.45, 2.75) is 13.3 Å². The third-order valence-corrected chi connectivity index (χ3v) is 4.48. The van der Waals surface area contributed by atoms with Gasteiger partial charge in [0.05, 0.1) is 19.4 Å². The van der Waals surface area contributed by atoms with Crippen molar-refractivity contribution in [3.63, 3.8) is 0 Å². The first-order valence-corrected chi connectivity index (χ1v) is 8.45. The Morgan fingerprint density at radius 3 is 3.05 bits per heavy atom. The van der Waals surface area contributed by atoms with Crippen LogP contribution in [0.15, 0.2) is 16.5 Å². The summed E-state index contributed by atoms with van der Waals surface area (Å²) in [6.45, 7) is 7.78. The Labute approximate surface area is 135 Å². The number of morpholine rings is 1. The number of aryl methyl sites for hydroxylation is 1. The van der Waals surface area contributed by atoms with Crippen LogP contribution in [-0.4, -0.2) is 55.6 Å². The minimum absolute atomic E-state index is 0.572. The highest BCUT2D eigenvalue weighted by atomic mass is 32.1. The molecule has 0 saturated carbocycles. The van der Waals surface area contributed by atoms with Gasteiger partial charge in [-0.1, -0.05) is 0 Å². The Hall–Kier alpha value is -1.02. The fourth-order valence-corrected chi connectivity index (χ4v) is 2.98. The highest BCUT2D eigenvalue weighted by molar-refractivity contribution is 7.80. The molecular weight excluding hydrogens is 304 g/mol. The summed E-state index contributed by atoms with van der Waals surface area (Å²) < 4.78 is 5.32. The molecule has 0 atom stereocenters. The first-order chi connectivity index (χ1) is 10.3. The van der Waals surface area contributed by atoms with Gasteiger partial charge in [0.2, 0.25) is 0 Å². The molecule has 2 rings (SSSR count). The van der Waals surface area contributed by atoms with Gasteiger partial charge < -0.3 is 10.1 Å². The molecule has 0 aromatic carbocycles. The van der Waals surface area contributed by atoms with E-state index in [4.69, 9.17) is 17.0 Å². The maximum atomic E-state index is 5.32. The van der Waals surface area contributed by atoms with Gasteiger partial charge in [0, 0.05) is 24.5 Å². The zero-order valence-corrected chi connectivity index (χ0v) is 13.9. The second-order valence-electron chi connectivity index (χ2n) is 4.90. The molecule has 1 aromatic rings. The molecule has 0 unspecified atom stereocenters. The van der Waals surface area contributed by atoms with Crippen molar-refractivity contribution in [2.24, 2.45) is 5.10 Å². The van der Waals surface area contributed by atoms with E-state index in [0.29, 0.717) is 5.11 Å². The molecule has 116 valence electrons. The second kappa shape index (κ2) is 9.09. The van der Waals surface area contributed by atoms with Crippen LogP contribution in [0.4, 0.5) is 0 Å². The number of rotatable bonds is 6. The molecule has 1 aromatic heterocycles. The summed E-state index contributed by atoms with van der Waals surface area (Å²) >= 11 is 6.86. The van der Waals surface area contributed by atoms with Gasteiger partial charge in [0.1, 0.15) is 0 Å². The van der Waals surface area contributed by atoms with E-state index < -0.39 is 0 Å². The average Bonchev–Trinajstić information content (AvgIpc) is 2.90. The van der Waals surface area contributed by atoms with Crippen molar-refractivity contribution < 1.29 is 4.74 Å². The van der Waals surface area contributed by atoms with Crippen LogP contribution in [0, 0.1) is 6.92 Å². The van der Waals surface area contributed by atoms with Crippen LogP contribution in [0.25, 0.3) is 0 Å². The van der Waals surface area contributed by atoms with Gasteiger partial charge in [-0.2, -0.15) is 5.10 Å². The molecule has 0 bridgehead atoms. The van der Waals surface area contributed by atoms with Crippen LogP contribution in [0.3, 0.4) is 0 Å². The van der Waals surface area contributed by atoms with Gasteiger partial charge in [-0.05, 0) is 49.1 Å². The number of ether oxygens (including phenoxy) is 1. The number of hydrogen-bond acceptors (Lipinski definition) is 5. The molecule has 2 N–H and O–H groups in total. The molecule has 0 radical (unpaired) electrons. The normalized spacial score (nSPS) is 16.2. The smallest absolute Gasteiger partial charge is 0.186 e. The van der Waals surface area contributed by atoms with Gasteiger partial charge in [-0.3, -0.25) is 10.3 Å². The van der Waals surface area contributed by atoms with Crippen LogP contribution in [0.5, 0.6) is 0 Å². The van der Waals surface area contributed by atoms with Crippen LogP contribution in [0.1, 0.15) is 16.9 Å². The predicted molar refractivity (Wildman–Crippen MR) is 92.3 cm³/mol. The highest BCUT2D eigenvalue weighted by Gasteiger charge is 2.08.